The highest BCUT2D eigenvalue weighted by molar-refractivity contribution is 5.75. The van der Waals surface area contributed by atoms with Crippen molar-refractivity contribution in [2.24, 2.45) is 7.05 Å². The van der Waals surface area contributed by atoms with Crippen molar-refractivity contribution < 1.29 is 13.9 Å². The Kier molecular flexibility index (Phi) is 5.66. The fourth-order valence-electron chi connectivity index (χ4n) is 3.90. The number of nitrogens with one attached hydrogen (secondary N) is 1. The first kappa shape index (κ1) is 21.6. The summed E-state index contributed by atoms with van der Waals surface area (Å²) in [6.45, 7) is 0.285. The Labute approximate surface area is 194 Å². The molecule has 4 heterocycles. The number of fused-ring (bicyclic) bond motifs is 1. The summed E-state index contributed by atoms with van der Waals surface area (Å²) in [5.41, 5.74) is 2.55. The van der Waals surface area contributed by atoms with Crippen LogP contribution in [-0.2, 0) is 23.1 Å². The SMILES string of the molecule is COC1=CC(OC)=C(F)C(N(Cc2ncc[nH]2)c2ccc3ncc(-c4cnn(C)c4)nc3n2)C1. The van der Waals surface area contributed by atoms with Crippen molar-refractivity contribution in [3.63, 3.8) is 0 Å². The fraction of sp³-hybridized carbons (Fsp3) is 0.261. The molecule has 174 valence electrons. The first-order valence-electron chi connectivity index (χ1n) is 10.6. The molecular weight excluding hydrogens is 439 g/mol. The number of anilines is 1. The molecule has 4 aromatic heterocycles. The molecule has 1 unspecified atom stereocenters. The van der Waals surface area contributed by atoms with Gasteiger partial charge in [-0.05, 0) is 12.1 Å². The van der Waals surface area contributed by atoms with Gasteiger partial charge in [-0.15, -0.1) is 0 Å². The quantitative estimate of drug-likeness (QED) is 0.446. The van der Waals surface area contributed by atoms with Crippen LogP contribution in [0.5, 0.6) is 0 Å². The largest absolute Gasteiger partial charge is 0.501 e. The van der Waals surface area contributed by atoms with Gasteiger partial charge in [-0.1, -0.05) is 0 Å². The summed E-state index contributed by atoms with van der Waals surface area (Å²) in [5.74, 6) is 1.50. The average Bonchev–Trinajstić information content (AvgIpc) is 3.54. The Hall–Kier alpha value is -4.28. The summed E-state index contributed by atoms with van der Waals surface area (Å²) < 4.78 is 27.9. The van der Waals surface area contributed by atoms with Crippen LogP contribution in [-0.4, -0.2) is 55.0 Å². The monoisotopic (exact) mass is 462 g/mol. The van der Waals surface area contributed by atoms with E-state index in [1.165, 1.54) is 7.11 Å². The number of hydrogen-bond acceptors (Lipinski definition) is 8. The number of methoxy groups -OCH3 is 2. The van der Waals surface area contributed by atoms with Crippen LogP contribution in [0.25, 0.3) is 22.4 Å². The Morgan fingerprint density at radius 1 is 1.18 bits per heavy atom. The van der Waals surface area contributed by atoms with Gasteiger partial charge in [0.15, 0.2) is 17.2 Å². The van der Waals surface area contributed by atoms with Gasteiger partial charge in [-0.3, -0.25) is 9.67 Å². The molecule has 0 saturated heterocycles. The van der Waals surface area contributed by atoms with Gasteiger partial charge in [-0.25, -0.2) is 19.3 Å². The van der Waals surface area contributed by atoms with Crippen molar-refractivity contribution in [1.82, 2.24) is 34.7 Å². The van der Waals surface area contributed by atoms with E-state index in [2.05, 4.69) is 25.0 Å². The minimum absolute atomic E-state index is 0.122. The van der Waals surface area contributed by atoms with Gasteiger partial charge in [0.2, 0.25) is 0 Å². The molecule has 0 fully saturated rings. The number of aryl methyl sites for hydroxylation is 1. The van der Waals surface area contributed by atoms with Gasteiger partial charge in [0.05, 0.1) is 44.9 Å². The van der Waals surface area contributed by atoms with Gasteiger partial charge in [0.1, 0.15) is 22.9 Å². The topological polar surface area (TPSA) is 107 Å². The molecule has 5 rings (SSSR count). The number of pyridine rings is 1. The summed E-state index contributed by atoms with van der Waals surface area (Å²) in [6.07, 6.45) is 10.5. The highest BCUT2D eigenvalue weighted by atomic mass is 19.1. The maximum atomic E-state index is 15.5. The summed E-state index contributed by atoms with van der Waals surface area (Å²) in [7, 11) is 4.83. The number of rotatable bonds is 7. The lowest BCUT2D eigenvalue weighted by Crippen LogP contribution is -2.38. The third kappa shape index (κ3) is 4.07. The molecule has 0 bridgehead atoms. The van der Waals surface area contributed by atoms with Gasteiger partial charge >= 0.3 is 0 Å². The van der Waals surface area contributed by atoms with Crippen LogP contribution in [0.4, 0.5) is 10.2 Å². The Morgan fingerprint density at radius 2 is 2.06 bits per heavy atom. The molecule has 0 aromatic carbocycles. The van der Waals surface area contributed by atoms with Crippen molar-refractivity contribution in [2.45, 2.75) is 19.0 Å². The number of hydrogen-bond donors (Lipinski definition) is 1. The molecule has 0 amide bonds. The van der Waals surface area contributed by atoms with E-state index in [1.807, 2.05) is 24.2 Å². The molecule has 1 aliphatic rings. The van der Waals surface area contributed by atoms with E-state index in [1.54, 1.807) is 48.7 Å². The normalized spacial score (nSPS) is 16.0. The Morgan fingerprint density at radius 3 is 2.76 bits per heavy atom. The molecule has 10 nitrogen and oxygen atoms in total. The molecule has 0 aliphatic heterocycles. The number of ether oxygens (including phenoxy) is 2. The van der Waals surface area contributed by atoms with Gasteiger partial charge in [-0.2, -0.15) is 5.10 Å². The maximum Gasteiger partial charge on any atom is 0.180 e. The number of nitrogens with zero attached hydrogens (tertiary/aromatic N) is 7. The van der Waals surface area contributed by atoms with Gasteiger partial charge < -0.3 is 19.4 Å². The third-order valence-electron chi connectivity index (χ3n) is 5.63. The highest BCUT2D eigenvalue weighted by Gasteiger charge is 2.33. The lowest BCUT2D eigenvalue weighted by Gasteiger charge is -2.33. The maximum absolute atomic E-state index is 15.5. The van der Waals surface area contributed by atoms with E-state index in [0.29, 0.717) is 40.7 Å². The van der Waals surface area contributed by atoms with Crippen molar-refractivity contribution in [3.05, 3.63) is 72.4 Å². The number of imidazole rings is 1. The lowest BCUT2D eigenvalue weighted by atomic mass is 10.0. The fourth-order valence-corrected chi connectivity index (χ4v) is 3.90. The molecule has 1 atom stereocenters. The molecule has 1 aliphatic carbocycles. The highest BCUT2D eigenvalue weighted by Crippen LogP contribution is 2.33. The molecule has 4 aromatic rings. The molecule has 0 saturated carbocycles. The zero-order valence-corrected chi connectivity index (χ0v) is 18.9. The van der Waals surface area contributed by atoms with Crippen molar-refractivity contribution in [1.29, 1.82) is 0 Å². The second-order valence-corrected chi connectivity index (χ2v) is 7.78. The van der Waals surface area contributed by atoms with Gasteiger partial charge in [0, 0.05) is 43.7 Å². The van der Waals surface area contributed by atoms with Crippen molar-refractivity contribution in [2.75, 3.05) is 19.1 Å². The predicted octanol–water partition coefficient (Wildman–Crippen LogP) is 3.29. The van der Waals surface area contributed by atoms with Crippen molar-refractivity contribution in [3.8, 4) is 11.3 Å². The number of aromatic nitrogens is 7. The van der Waals surface area contributed by atoms with E-state index in [9.17, 15) is 0 Å². The lowest BCUT2D eigenvalue weighted by molar-refractivity contribution is 0.234. The molecule has 11 heteroatoms. The molecule has 34 heavy (non-hydrogen) atoms. The first-order chi connectivity index (χ1) is 16.6. The van der Waals surface area contributed by atoms with Crippen LogP contribution in [0, 0.1) is 0 Å². The third-order valence-corrected chi connectivity index (χ3v) is 5.63. The number of aromatic amines is 1. The zero-order chi connectivity index (χ0) is 23.7. The second kappa shape index (κ2) is 8.93. The smallest absolute Gasteiger partial charge is 0.180 e. The second-order valence-electron chi connectivity index (χ2n) is 7.78. The summed E-state index contributed by atoms with van der Waals surface area (Å²) >= 11 is 0. The Bertz CT molecular complexity index is 1380. The van der Waals surface area contributed by atoms with Crippen LogP contribution in [0.1, 0.15) is 12.2 Å². The average molecular weight is 462 g/mol. The molecule has 1 N–H and O–H groups in total. The molecule has 0 spiro atoms. The van der Waals surface area contributed by atoms with Crippen LogP contribution < -0.4 is 4.90 Å². The predicted molar refractivity (Wildman–Crippen MR) is 123 cm³/mol. The zero-order valence-electron chi connectivity index (χ0n) is 18.9. The minimum atomic E-state index is -0.709. The first-order valence-corrected chi connectivity index (χ1v) is 10.6. The van der Waals surface area contributed by atoms with E-state index in [0.717, 1.165) is 5.56 Å². The van der Waals surface area contributed by atoms with E-state index >= 15 is 4.39 Å². The van der Waals surface area contributed by atoms with Crippen LogP contribution in [0.15, 0.2) is 66.5 Å². The number of halogens is 1. The van der Waals surface area contributed by atoms with E-state index in [-0.39, 0.29) is 12.3 Å². The van der Waals surface area contributed by atoms with Crippen LogP contribution in [0.3, 0.4) is 0 Å². The summed E-state index contributed by atoms with van der Waals surface area (Å²) in [6, 6.07) is 2.91. The number of H-pyrrole nitrogens is 1. The summed E-state index contributed by atoms with van der Waals surface area (Å²) in [4.78, 5) is 23.1. The van der Waals surface area contributed by atoms with Crippen LogP contribution in [0.2, 0.25) is 0 Å². The molecule has 0 radical (unpaired) electrons. The Balaban J connectivity index is 1.59. The summed E-state index contributed by atoms with van der Waals surface area (Å²) in [5, 5.41) is 4.19. The van der Waals surface area contributed by atoms with Gasteiger partial charge in [0.25, 0.3) is 0 Å². The minimum Gasteiger partial charge on any atom is -0.501 e. The standard InChI is InChI=1S/C23H23FN8O2/c1-31-12-14(10-28-31)17-11-27-16-4-5-21(30-23(16)29-17)32(13-20-25-6-7-26-20)18-8-15(33-2)9-19(34-3)22(18)24/h4-7,9-12,18H,8,13H2,1-3H3,(H,25,26). The number of allylic oxidation sites excluding steroid dienone is 1. The molecular formula is C23H23FN8O2. The van der Waals surface area contributed by atoms with Crippen molar-refractivity contribution >= 4 is 17.0 Å². The van der Waals surface area contributed by atoms with E-state index in [4.69, 9.17) is 14.5 Å². The van der Waals surface area contributed by atoms with Crippen LogP contribution >= 0.6 is 0 Å². The van der Waals surface area contributed by atoms with E-state index < -0.39 is 11.9 Å².